The molecule has 1 aliphatic heterocycles. The quantitative estimate of drug-likeness (QED) is 0.684. The topological polar surface area (TPSA) is 32.3 Å². The Labute approximate surface area is 159 Å². The monoisotopic (exact) mass is 366 g/mol. The summed E-state index contributed by atoms with van der Waals surface area (Å²) in [6.07, 6.45) is 2.31. The molecule has 1 aliphatic rings. The van der Waals surface area contributed by atoms with Gasteiger partial charge in [0.05, 0.1) is 5.52 Å². The molecule has 2 aromatic carbocycles. The second kappa shape index (κ2) is 7.22. The van der Waals surface area contributed by atoms with Crippen molar-refractivity contribution in [3.63, 3.8) is 0 Å². The predicted molar refractivity (Wildman–Crippen MR) is 109 cm³/mol. The highest BCUT2D eigenvalue weighted by molar-refractivity contribution is 6.30. The minimum atomic E-state index is 0.502. The van der Waals surface area contributed by atoms with E-state index in [0.717, 1.165) is 59.1 Å². The maximum Gasteiger partial charge on any atom is 0.162 e. The molecule has 0 saturated carbocycles. The van der Waals surface area contributed by atoms with Crippen LogP contribution in [0.15, 0.2) is 48.5 Å². The zero-order valence-electron chi connectivity index (χ0n) is 15.2. The summed E-state index contributed by atoms with van der Waals surface area (Å²) in [5.74, 6) is 1.75. The highest BCUT2D eigenvalue weighted by atomic mass is 35.5. The molecule has 1 fully saturated rings. The van der Waals surface area contributed by atoms with Crippen molar-refractivity contribution in [3.8, 4) is 11.4 Å². The largest absolute Gasteiger partial charge is 0.356 e. The molecular weight excluding hydrogens is 344 g/mol. The van der Waals surface area contributed by atoms with Gasteiger partial charge in [0.1, 0.15) is 5.82 Å². The average molecular weight is 367 g/mol. The Morgan fingerprint density at radius 2 is 1.69 bits per heavy atom. The standard InChI is InChI=1S/C21H23ClN4/c1-25-13-11-17(12-14-25)26(2)21-18-5-3-4-6-19(18)23-20(24-21)15-7-9-16(22)10-8-15/h3-10,17H,11-14H2,1-2H3. The van der Waals surface area contributed by atoms with E-state index in [9.17, 15) is 0 Å². The summed E-state index contributed by atoms with van der Waals surface area (Å²) >= 11 is 6.04. The number of benzene rings is 2. The van der Waals surface area contributed by atoms with Crippen molar-refractivity contribution < 1.29 is 0 Å². The van der Waals surface area contributed by atoms with Gasteiger partial charge in [0.25, 0.3) is 0 Å². The van der Waals surface area contributed by atoms with E-state index in [-0.39, 0.29) is 0 Å². The highest BCUT2D eigenvalue weighted by Crippen LogP contribution is 2.30. The minimum Gasteiger partial charge on any atom is -0.356 e. The lowest BCUT2D eigenvalue weighted by molar-refractivity contribution is 0.252. The van der Waals surface area contributed by atoms with Gasteiger partial charge in [-0.2, -0.15) is 0 Å². The van der Waals surface area contributed by atoms with Crippen molar-refractivity contribution in [1.29, 1.82) is 0 Å². The van der Waals surface area contributed by atoms with Crippen molar-refractivity contribution >= 4 is 28.3 Å². The average Bonchev–Trinajstić information content (AvgIpc) is 2.68. The van der Waals surface area contributed by atoms with Crippen LogP contribution < -0.4 is 4.90 Å². The third-order valence-electron chi connectivity index (χ3n) is 5.26. The lowest BCUT2D eigenvalue weighted by atomic mass is 10.0. The summed E-state index contributed by atoms with van der Waals surface area (Å²) in [5, 5.41) is 1.82. The smallest absolute Gasteiger partial charge is 0.162 e. The molecule has 4 nitrogen and oxygen atoms in total. The lowest BCUT2D eigenvalue weighted by Gasteiger charge is -2.36. The Kier molecular flexibility index (Phi) is 4.79. The zero-order valence-corrected chi connectivity index (χ0v) is 15.9. The number of anilines is 1. The number of aromatic nitrogens is 2. The number of fused-ring (bicyclic) bond motifs is 1. The van der Waals surface area contributed by atoms with Crippen LogP contribution in [-0.4, -0.2) is 48.1 Å². The molecule has 0 spiro atoms. The Morgan fingerprint density at radius 1 is 1.00 bits per heavy atom. The highest BCUT2D eigenvalue weighted by Gasteiger charge is 2.23. The van der Waals surface area contributed by atoms with Crippen LogP contribution in [0.2, 0.25) is 5.02 Å². The molecule has 4 rings (SSSR count). The Hall–Kier alpha value is -2.17. The second-order valence-corrected chi connectivity index (χ2v) is 7.48. The van der Waals surface area contributed by atoms with E-state index in [2.05, 4.69) is 42.1 Å². The summed E-state index contributed by atoms with van der Waals surface area (Å²) in [6.45, 7) is 2.25. The maximum atomic E-state index is 6.04. The van der Waals surface area contributed by atoms with Crippen LogP contribution in [0.25, 0.3) is 22.3 Å². The Balaban J connectivity index is 1.78. The van der Waals surface area contributed by atoms with Gasteiger partial charge in [0.15, 0.2) is 5.82 Å². The molecule has 2 heterocycles. The van der Waals surface area contributed by atoms with E-state index in [0.29, 0.717) is 6.04 Å². The maximum absolute atomic E-state index is 6.04. The van der Waals surface area contributed by atoms with Crippen LogP contribution in [0.1, 0.15) is 12.8 Å². The van der Waals surface area contributed by atoms with Crippen LogP contribution in [0.5, 0.6) is 0 Å². The van der Waals surface area contributed by atoms with E-state index in [1.54, 1.807) is 0 Å². The molecule has 5 heteroatoms. The first-order chi connectivity index (χ1) is 12.6. The van der Waals surface area contributed by atoms with E-state index in [1.165, 1.54) is 0 Å². The van der Waals surface area contributed by atoms with Gasteiger partial charge in [-0.05, 0) is 69.4 Å². The van der Waals surface area contributed by atoms with Gasteiger partial charge in [-0.15, -0.1) is 0 Å². The fourth-order valence-electron chi connectivity index (χ4n) is 3.61. The number of nitrogens with zero attached hydrogens (tertiary/aromatic N) is 4. The Morgan fingerprint density at radius 3 is 2.42 bits per heavy atom. The Bertz CT molecular complexity index is 902. The fraction of sp³-hybridized carbons (Fsp3) is 0.333. The van der Waals surface area contributed by atoms with Gasteiger partial charge in [0.2, 0.25) is 0 Å². The molecule has 134 valence electrons. The van der Waals surface area contributed by atoms with E-state index in [1.807, 2.05) is 30.3 Å². The molecular formula is C21H23ClN4. The first-order valence-electron chi connectivity index (χ1n) is 9.06. The number of rotatable bonds is 3. The number of hydrogen-bond donors (Lipinski definition) is 0. The predicted octanol–water partition coefficient (Wildman–Crippen LogP) is 4.48. The van der Waals surface area contributed by atoms with Crippen molar-refractivity contribution in [2.24, 2.45) is 0 Å². The van der Waals surface area contributed by atoms with E-state index in [4.69, 9.17) is 21.6 Å². The summed E-state index contributed by atoms with van der Waals surface area (Å²) < 4.78 is 0. The molecule has 0 aliphatic carbocycles. The first-order valence-corrected chi connectivity index (χ1v) is 9.44. The SMILES string of the molecule is CN1CCC(N(C)c2nc(-c3ccc(Cl)cc3)nc3ccccc23)CC1. The molecule has 1 saturated heterocycles. The van der Waals surface area contributed by atoms with Gasteiger partial charge in [-0.1, -0.05) is 23.7 Å². The number of likely N-dealkylation sites (tertiary alicyclic amines) is 1. The van der Waals surface area contributed by atoms with Gasteiger partial charge < -0.3 is 9.80 Å². The van der Waals surface area contributed by atoms with Gasteiger partial charge in [-0.3, -0.25) is 0 Å². The van der Waals surface area contributed by atoms with E-state index < -0.39 is 0 Å². The van der Waals surface area contributed by atoms with Crippen molar-refractivity contribution in [1.82, 2.24) is 14.9 Å². The van der Waals surface area contributed by atoms with Crippen LogP contribution in [0, 0.1) is 0 Å². The third-order valence-corrected chi connectivity index (χ3v) is 5.51. The molecule has 0 N–H and O–H groups in total. The van der Waals surface area contributed by atoms with Crippen LogP contribution in [0.3, 0.4) is 0 Å². The number of halogens is 1. The van der Waals surface area contributed by atoms with Crippen molar-refractivity contribution in [3.05, 3.63) is 53.6 Å². The van der Waals surface area contributed by atoms with Crippen LogP contribution >= 0.6 is 11.6 Å². The third kappa shape index (κ3) is 3.39. The fourth-order valence-corrected chi connectivity index (χ4v) is 3.74. The number of hydrogen-bond acceptors (Lipinski definition) is 4. The van der Waals surface area contributed by atoms with Gasteiger partial charge in [0, 0.05) is 29.1 Å². The van der Waals surface area contributed by atoms with E-state index >= 15 is 0 Å². The molecule has 0 bridgehead atoms. The normalized spacial score (nSPS) is 16.1. The second-order valence-electron chi connectivity index (χ2n) is 7.04. The molecule has 0 radical (unpaired) electrons. The molecule has 26 heavy (non-hydrogen) atoms. The van der Waals surface area contributed by atoms with Crippen molar-refractivity contribution in [2.45, 2.75) is 18.9 Å². The molecule has 1 aromatic heterocycles. The van der Waals surface area contributed by atoms with Crippen molar-refractivity contribution in [2.75, 3.05) is 32.1 Å². The lowest BCUT2D eigenvalue weighted by Crippen LogP contribution is -2.42. The summed E-state index contributed by atoms with van der Waals surface area (Å²) in [4.78, 5) is 14.5. The van der Waals surface area contributed by atoms with Gasteiger partial charge in [-0.25, -0.2) is 9.97 Å². The zero-order chi connectivity index (χ0) is 18.1. The van der Waals surface area contributed by atoms with Gasteiger partial charge >= 0.3 is 0 Å². The summed E-state index contributed by atoms with van der Waals surface area (Å²) in [7, 11) is 4.35. The van der Waals surface area contributed by atoms with Crippen LogP contribution in [-0.2, 0) is 0 Å². The summed E-state index contributed by atoms with van der Waals surface area (Å²) in [5.41, 5.74) is 1.96. The van der Waals surface area contributed by atoms with Crippen LogP contribution in [0.4, 0.5) is 5.82 Å². The molecule has 3 aromatic rings. The first kappa shape index (κ1) is 17.3. The molecule has 0 amide bonds. The molecule has 0 unspecified atom stereocenters. The minimum absolute atomic E-state index is 0.502. The number of para-hydroxylation sites is 1. The molecule has 0 atom stereocenters. The summed E-state index contributed by atoms with van der Waals surface area (Å²) in [6, 6.07) is 16.5. The number of piperidine rings is 1.